The smallest absolute Gasteiger partial charge is 0.263 e. The van der Waals surface area contributed by atoms with Crippen LogP contribution in [0.4, 0.5) is 0 Å². The molecule has 6 heteroatoms. The lowest BCUT2D eigenvalue weighted by molar-refractivity contribution is 0.0943. The van der Waals surface area contributed by atoms with Gasteiger partial charge in [-0.2, -0.15) is 0 Å². The van der Waals surface area contributed by atoms with Crippen LogP contribution in [0.3, 0.4) is 0 Å². The van der Waals surface area contributed by atoms with Crippen molar-refractivity contribution >= 4 is 28.8 Å². The molecule has 0 bridgehead atoms. The van der Waals surface area contributed by atoms with E-state index in [2.05, 4.69) is 15.3 Å². The van der Waals surface area contributed by atoms with Crippen LogP contribution < -0.4 is 5.32 Å². The molecule has 0 unspecified atom stereocenters. The number of thiazole rings is 1. The number of hydrogen-bond acceptors (Lipinski definition) is 4. The van der Waals surface area contributed by atoms with Gasteiger partial charge in [-0.3, -0.25) is 9.78 Å². The van der Waals surface area contributed by atoms with Crippen molar-refractivity contribution in [2.75, 3.05) is 0 Å². The van der Waals surface area contributed by atoms with Crippen molar-refractivity contribution in [2.45, 2.75) is 19.9 Å². The van der Waals surface area contributed by atoms with E-state index in [1.165, 1.54) is 11.3 Å². The predicted molar refractivity (Wildman–Crippen MR) is 97.4 cm³/mol. The molecule has 0 aliphatic rings. The van der Waals surface area contributed by atoms with Gasteiger partial charge in [0.25, 0.3) is 5.91 Å². The van der Waals surface area contributed by atoms with Crippen LogP contribution in [0.5, 0.6) is 0 Å². The van der Waals surface area contributed by atoms with Crippen LogP contribution in [-0.2, 0) is 0 Å². The van der Waals surface area contributed by atoms with E-state index in [9.17, 15) is 4.79 Å². The molecule has 24 heavy (non-hydrogen) atoms. The average Bonchev–Trinajstić information content (AvgIpc) is 2.98. The summed E-state index contributed by atoms with van der Waals surface area (Å²) in [6.07, 6.45) is 1.72. The molecule has 2 heterocycles. The van der Waals surface area contributed by atoms with E-state index >= 15 is 0 Å². The monoisotopic (exact) mass is 357 g/mol. The van der Waals surface area contributed by atoms with Crippen LogP contribution in [0.25, 0.3) is 10.7 Å². The topological polar surface area (TPSA) is 54.9 Å². The van der Waals surface area contributed by atoms with Gasteiger partial charge >= 0.3 is 0 Å². The summed E-state index contributed by atoms with van der Waals surface area (Å²) in [6, 6.07) is 13.0. The zero-order valence-electron chi connectivity index (χ0n) is 13.3. The van der Waals surface area contributed by atoms with Crippen molar-refractivity contribution in [3.63, 3.8) is 0 Å². The first-order valence-corrected chi connectivity index (χ1v) is 8.69. The number of nitrogens with zero attached hydrogens (tertiary/aromatic N) is 2. The second-order valence-corrected chi connectivity index (χ2v) is 6.83. The lowest BCUT2D eigenvalue weighted by Crippen LogP contribution is -2.26. The summed E-state index contributed by atoms with van der Waals surface area (Å²) in [5.41, 5.74) is 2.48. The Bertz CT molecular complexity index is 846. The molecule has 0 aliphatic heterocycles. The van der Waals surface area contributed by atoms with E-state index < -0.39 is 0 Å². The maximum Gasteiger partial charge on any atom is 0.263 e. The lowest BCUT2D eigenvalue weighted by atomic mass is 10.1. The summed E-state index contributed by atoms with van der Waals surface area (Å²) >= 11 is 7.25. The zero-order valence-corrected chi connectivity index (χ0v) is 14.9. The third-order valence-electron chi connectivity index (χ3n) is 3.60. The van der Waals surface area contributed by atoms with Gasteiger partial charge in [-0.1, -0.05) is 29.8 Å². The predicted octanol–water partition coefficient (Wildman–Crippen LogP) is 4.66. The standard InChI is InChI=1S/C18H16ClN3OS/c1-11(13-6-8-14(19)9-7-13)21-17(23)16-12(2)22-18(24-16)15-5-3-4-10-20-15/h3-11H,1-2H3,(H,21,23)/t11-/m0/s1. The molecule has 0 saturated heterocycles. The number of carbonyl (C=O) groups excluding carboxylic acids is 1. The van der Waals surface area contributed by atoms with Gasteiger partial charge in [0.1, 0.15) is 9.88 Å². The van der Waals surface area contributed by atoms with Crippen LogP contribution in [0.1, 0.15) is 33.9 Å². The van der Waals surface area contributed by atoms with Crippen molar-refractivity contribution in [3.05, 3.63) is 69.8 Å². The van der Waals surface area contributed by atoms with Gasteiger partial charge in [-0.05, 0) is 43.7 Å². The maximum atomic E-state index is 12.6. The third-order valence-corrected chi connectivity index (χ3v) is 5.04. The molecular formula is C18H16ClN3OS. The van der Waals surface area contributed by atoms with Crippen molar-refractivity contribution < 1.29 is 4.79 Å². The number of rotatable bonds is 4. The highest BCUT2D eigenvalue weighted by molar-refractivity contribution is 7.17. The Morgan fingerprint density at radius 3 is 2.62 bits per heavy atom. The number of pyridine rings is 1. The van der Waals surface area contributed by atoms with Gasteiger partial charge in [0.05, 0.1) is 17.4 Å². The van der Waals surface area contributed by atoms with Gasteiger partial charge in [-0.25, -0.2) is 4.98 Å². The number of nitrogens with one attached hydrogen (secondary N) is 1. The Kier molecular flexibility index (Phi) is 4.92. The van der Waals surface area contributed by atoms with E-state index in [1.807, 2.05) is 56.3 Å². The zero-order chi connectivity index (χ0) is 17.1. The normalized spacial score (nSPS) is 12.0. The Hall–Kier alpha value is -2.24. The number of aryl methyl sites for hydroxylation is 1. The average molecular weight is 358 g/mol. The highest BCUT2D eigenvalue weighted by Crippen LogP contribution is 2.27. The lowest BCUT2D eigenvalue weighted by Gasteiger charge is -2.13. The fourth-order valence-electron chi connectivity index (χ4n) is 2.30. The molecule has 0 fully saturated rings. The van der Waals surface area contributed by atoms with Crippen LogP contribution in [0.15, 0.2) is 48.7 Å². The molecule has 122 valence electrons. The molecule has 0 spiro atoms. The molecule has 1 atom stereocenters. The minimum Gasteiger partial charge on any atom is -0.345 e. The Balaban J connectivity index is 1.78. The molecule has 2 aromatic heterocycles. The van der Waals surface area contributed by atoms with Gasteiger partial charge in [0.15, 0.2) is 0 Å². The second-order valence-electron chi connectivity index (χ2n) is 5.40. The third kappa shape index (κ3) is 3.63. The summed E-state index contributed by atoms with van der Waals surface area (Å²) in [5.74, 6) is -0.130. The fraction of sp³-hybridized carbons (Fsp3) is 0.167. The summed E-state index contributed by atoms with van der Waals surface area (Å²) in [5, 5.41) is 4.43. The Morgan fingerprint density at radius 1 is 1.21 bits per heavy atom. The Labute approximate surface area is 149 Å². The number of halogens is 1. The molecule has 1 amide bonds. The number of amides is 1. The first-order valence-electron chi connectivity index (χ1n) is 7.50. The molecule has 4 nitrogen and oxygen atoms in total. The highest BCUT2D eigenvalue weighted by Gasteiger charge is 2.18. The van der Waals surface area contributed by atoms with Crippen LogP contribution >= 0.6 is 22.9 Å². The van der Waals surface area contributed by atoms with Crippen LogP contribution in [0.2, 0.25) is 5.02 Å². The van der Waals surface area contributed by atoms with E-state index in [1.54, 1.807) is 6.20 Å². The molecule has 1 aromatic carbocycles. The first-order chi connectivity index (χ1) is 11.5. The number of hydrogen-bond donors (Lipinski definition) is 1. The summed E-state index contributed by atoms with van der Waals surface area (Å²) in [4.78, 5) is 21.9. The molecule has 0 aliphatic carbocycles. The van der Waals surface area contributed by atoms with Gasteiger partial charge in [-0.15, -0.1) is 11.3 Å². The summed E-state index contributed by atoms with van der Waals surface area (Å²) in [6.45, 7) is 3.78. The second kappa shape index (κ2) is 7.11. The number of benzene rings is 1. The van der Waals surface area contributed by atoms with Gasteiger partial charge in [0.2, 0.25) is 0 Å². The molecule has 3 aromatic rings. The number of carbonyl (C=O) groups is 1. The molecule has 0 radical (unpaired) electrons. The largest absolute Gasteiger partial charge is 0.345 e. The first kappa shape index (κ1) is 16.6. The molecule has 3 rings (SSSR count). The highest BCUT2D eigenvalue weighted by atomic mass is 35.5. The van der Waals surface area contributed by atoms with Gasteiger partial charge in [0, 0.05) is 11.2 Å². The SMILES string of the molecule is Cc1nc(-c2ccccn2)sc1C(=O)N[C@@H](C)c1ccc(Cl)cc1. The molecular weight excluding hydrogens is 342 g/mol. The fourth-order valence-corrected chi connectivity index (χ4v) is 3.38. The van der Waals surface area contributed by atoms with Crippen LogP contribution in [0, 0.1) is 6.92 Å². The van der Waals surface area contributed by atoms with Crippen molar-refractivity contribution in [1.29, 1.82) is 0 Å². The van der Waals surface area contributed by atoms with Crippen molar-refractivity contribution in [3.8, 4) is 10.7 Å². The summed E-state index contributed by atoms with van der Waals surface area (Å²) < 4.78 is 0. The van der Waals surface area contributed by atoms with E-state index in [0.29, 0.717) is 15.6 Å². The quantitative estimate of drug-likeness (QED) is 0.738. The van der Waals surface area contributed by atoms with E-state index in [4.69, 9.17) is 11.6 Å². The number of aromatic nitrogens is 2. The minimum absolute atomic E-state index is 0.116. The molecule has 1 N–H and O–H groups in total. The van der Waals surface area contributed by atoms with E-state index in [-0.39, 0.29) is 11.9 Å². The minimum atomic E-state index is -0.130. The summed E-state index contributed by atoms with van der Waals surface area (Å²) in [7, 11) is 0. The van der Waals surface area contributed by atoms with E-state index in [0.717, 1.165) is 16.3 Å². The molecule has 0 saturated carbocycles. The van der Waals surface area contributed by atoms with Gasteiger partial charge < -0.3 is 5.32 Å². The maximum absolute atomic E-state index is 12.6. The van der Waals surface area contributed by atoms with Crippen molar-refractivity contribution in [1.82, 2.24) is 15.3 Å². The van der Waals surface area contributed by atoms with Crippen LogP contribution in [-0.4, -0.2) is 15.9 Å². The van der Waals surface area contributed by atoms with Crippen molar-refractivity contribution in [2.24, 2.45) is 0 Å². The Morgan fingerprint density at radius 2 is 1.96 bits per heavy atom.